The van der Waals surface area contributed by atoms with Crippen molar-refractivity contribution in [3.05, 3.63) is 0 Å². The summed E-state index contributed by atoms with van der Waals surface area (Å²) in [5, 5.41) is 104. The molecule has 0 heterocycles. The van der Waals surface area contributed by atoms with Crippen LogP contribution in [-0.4, -0.2) is 199 Å². The van der Waals surface area contributed by atoms with Gasteiger partial charge in [0.2, 0.25) is 11.8 Å². The zero-order valence-corrected chi connectivity index (χ0v) is 41.1. The predicted molar refractivity (Wildman–Crippen MR) is 252 cm³/mol. The third kappa shape index (κ3) is 30.7. The van der Waals surface area contributed by atoms with Crippen molar-refractivity contribution in [1.29, 1.82) is 0 Å². The number of carbonyl (C=O) groups is 6. The van der Waals surface area contributed by atoms with Crippen LogP contribution in [0.3, 0.4) is 0 Å². The van der Waals surface area contributed by atoms with E-state index >= 15 is 0 Å². The van der Waals surface area contributed by atoms with E-state index in [9.17, 15) is 69.6 Å². The summed E-state index contributed by atoms with van der Waals surface area (Å²) in [5.74, 6) is -4.79. The Hall–Kier alpha value is -3.58. The maximum Gasteiger partial charge on any atom is 0.328 e. The third-order valence-corrected chi connectivity index (χ3v) is 11.5. The first-order valence-electron chi connectivity index (χ1n) is 25.1. The summed E-state index contributed by atoms with van der Waals surface area (Å²) < 4.78 is 10.9. The molecular weight excluding hydrogens is 909 g/mol. The highest BCUT2D eigenvalue weighted by molar-refractivity contribution is 5.88. The van der Waals surface area contributed by atoms with Gasteiger partial charge < -0.3 is 81.4 Å². The maximum absolute atomic E-state index is 13.5. The van der Waals surface area contributed by atoms with Gasteiger partial charge in [0.15, 0.2) is 12.2 Å². The number of esters is 2. The Balaban J connectivity index is 5.63. The molecule has 0 aromatic carbocycles. The van der Waals surface area contributed by atoms with Gasteiger partial charge in [-0.25, -0.2) is 4.79 Å². The van der Waals surface area contributed by atoms with Crippen molar-refractivity contribution in [1.82, 2.24) is 20.9 Å². The fourth-order valence-corrected chi connectivity index (χ4v) is 7.05. The van der Waals surface area contributed by atoms with E-state index in [1.165, 1.54) is 43.4 Å². The minimum Gasteiger partial charge on any atom is -0.466 e. The summed E-state index contributed by atoms with van der Waals surface area (Å²) in [6, 6.07) is -1.20. The topological polar surface area (TPSA) is 363 Å². The number of ether oxygens (including phenoxy) is 2. The normalized spacial score (nSPS) is 15.4. The second-order valence-corrected chi connectivity index (χ2v) is 17.5. The molecule has 22 heteroatoms. The van der Waals surface area contributed by atoms with Gasteiger partial charge in [-0.15, -0.1) is 0 Å². The summed E-state index contributed by atoms with van der Waals surface area (Å²) in [4.78, 5) is 78.8. The lowest BCUT2D eigenvalue weighted by Crippen LogP contribution is -2.52. The summed E-state index contributed by atoms with van der Waals surface area (Å²) >= 11 is 0. The highest BCUT2D eigenvalue weighted by Gasteiger charge is 2.35. The number of nitrogens with one attached hydrogen (secondary N) is 3. The Bertz CT molecular complexity index is 1350. The average molecular weight is 997 g/mol. The number of amides is 4. The molecule has 0 aliphatic carbocycles. The van der Waals surface area contributed by atoms with E-state index in [2.05, 4.69) is 29.8 Å². The summed E-state index contributed by atoms with van der Waals surface area (Å²) in [6.07, 6.45) is -0.635. The van der Waals surface area contributed by atoms with E-state index < -0.39 is 110 Å². The number of nitrogens with zero attached hydrogens (tertiary/aromatic N) is 1. The molecule has 404 valence electrons. The van der Waals surface area contributed by atoms with Crippen molar-refractivity contribution in [2.75, 3.05) is 52.6 Å². The van der Waals surface area contributed by atoms with Gasteiger partial charge in [-0.2, -0.15) is 0 Å². The van der Waals surface area contributed by atoms with Crippen LogP contribution in [0.25, 0.3) is 0 Å². The highest BCUT2D eigenvalue weighted by Crippen LogP contribution is 2.13. The minimum atomic E-state index is -2.19. The number of rotatable bonds is 44. The van der Waals surface area contributed by atoms with Gasteiger partial charge in [0.1, 0.15) is 42.7 Å². The van der Waals surface area contributed by atoms with Crippen LogP contribution >= 0.6 is 0 Å². The van der Waals surface area contributed by atoms with Gasteiger partial charge in [0.05, 0.1) is 26.4 Å². The lowest BCUT2D eigenvalue weighted by molar-refractivity contribution is -0.150. The van der Waals surface area contributed by atoms with E-state index in [4.69, 9.17) is 19.7 Å². The molecule has 0 unspecified atom stereocenters. The first kappa shape index (κ1) is 65.4. The van der Waals surface area contributed by atoms with Crippen LogP contribution in [0.15, 0.2) is 0 Å². The van der Waals surface area contributed by atoms with E-state index in [-0.39, 0.29) is 71.5 Å². The van der Waals surface area contributed by atoms with Gasteiger partial charge in [-0.1, -0.05) is 104 Å². The number of aliphatic hydroxyl groups excluding tert-OH is 10. The molecule has 13 N–H and O–H groups in total. The Labute approximate surface area is 407 Å². The molecule has 0 saturated carbocycles. The van der Waals surface area contributed by atoms with Crippen molar-refractivity contribution in [2.24, 2.45) is 0 Å². The van der Waals surface area contributed by atoms with Gasteiger partial charge in [0, 0.05) is 45.4 Å². The first-order chi connectivity index (χ1) is 33.0. The molecule has 0 spiro atoms. The molecule has 0 aliphatic heterocycles. The zero-order valence-electron chi connectivity index (χ0n) is 41.1. The predicted octanol–water partition coefficient (Wildman–Crippen LogP) is -0.888. The SMILES string of the molecule is CCCCCCCCCCOC(=O)CC[C@H](NC(=O)CCC(=O)N(CCCNC(=O)[C@H](O)[C@@H](O)[C@H](O)[C@H](O)CO)CCCNC(=O)[C@H](O)[C@@H](O)[C@H](O)[C@H](O)CO)C(=O)OCCCCCCCCCC. The van der Waals surface area contributed by atoms with Gasteiger partial charge in [-0.3, -0.25) is 24.0 Å². The number of hydrogen-bond acceptors (Lipinski definition) is 18. The molecule has 0 saturated heterocycles. The molecule has 22 nitrogen and oxygen atoms in total. The standard InChI is InChI=1S/C47H88N4O18/c1-3-5-7-9-11-13-15-17-29-68-38(58)24-21-33(47(67)69-30-18-16-14-12-10-8-6-4-2)50-36(56)22-23-37(57)51(27-19-25-48-45(65)43(63)41(61)39(59)34(54)31-52)28-20-26-49-46(66)44(64)42(62)40(60)35(55)32-53/h33-35,39-44,52-55,59-64H,3-32H2,1-2H3,(H,48,65)(H,49,66)(H,50,56)/t33-,34+,35+,39+,40+,41-,42-,43+,44+/m0/s1. The maximum atomic E-state index is 13.5. The van der Waals surface area contributed by atoms with E-state index in [0.717, 1.165) is 51.4 Å². The third-order valence-electron chi connectivity index (χ3n) is 11.5. The van der Waals surface area contributed by atoms with E-state index in [0.29, 0.717) is 12.8 Å². The fraction of sp³-hybridized carbons (Fsp3) is 0.872. The van der Waals surface area contributed by atoms with Gasteiger partial charge in [-0.05, 0) is 32.1 Å². The Kier molecular flexibility index (Phi) is 38.9. The molecule has 4 amide bonds. The van der Waals surface area contributed by atoms with Crippen molar-refractivity contribution >= 4 is 35.6 Å². The van der Waals surface area contributed by atoms with Crippen molar-refractivity contribution in [3.8, 4) is 0 Å². The molecule has 0 radical (unpaired) electrons. The number of hydrogen-bond donors (Lipinski definition) is 13. The second-order valence-electron chi connectivity index (χ2n) is 17.5. The van der Waals surface area contributed by atoms with E-state index in [1.807, 2.05) is 0 Å². The fourth-order valence-electron chi connectivity index (χ4n) is 7.05. The van der Waals surface area contributed by atoms with Crippen molar-refractivity contribution < 1.29 is 89.3 Å². The van der Waals surface area contributed by atoms with Crippen molar-refractivity contribution in [2.45, 2.75) is 210 Å². The number of carbonyl (C=O) groups excluding carboxylic acids is 6. The van der Waals surface area contributed by atoms with Crippen LogP contribution in [0, 0.1) is 0 Å². The number of aliphatic hydroxyl groups is 10. The zero-order chi connectivity index (χ0) is 52.0. The van der Waals surface area contributed by atoms with Crippen LogP contribution in [0.5, 0.6) is 0 Å². The smallest absolute Gasteiger partial charge is 0.328 e. The van der Waals surface area contributed by atoms with Crippen LogP contribution < -0.4 is 16.0 Å². The molecule has 0 fully saturated rings. The molecule has 0 bridgehead atoms. The average Bonchev–Trinajstić information content (AvgIpc) is 3.35. The summed E-state index contributed by atoms with van der Waals surface area (Å²) in [6.45, 7) is 2.27. The molecule has 69 heavy (non-hydrogen) atoms. The molecule has 0 aromatic rings. The van der Waals surface area contributed by atoms with Crippen molar-refractivity contribution in [3.63, 3.8) is 0 Å². The molecule has 0 rings (SSSR count). The molecule has 9 atom stereocenters. The first-order valence-corrected chi connectivity index (χ1v) is 25.1. The quantitative estimate of drug-likeness (QED) is 0.0260. The Morgan fingerprint density at radius 1 is 0.493 bits per heavy atom. The lowest BCUT2D eigenvalue weighted by atomic mass is 10.0. The lowest BCUT2D eigenvalue weighted by Gasteiger charge is -2.26. The molecular formula is C47H88N4O18. The number of unbranched alkanes of at least 4 members (excludes halogenated alkanes) is 14. The van der Waals surface area contributed by atoms with Gasteiger partial charge in [0.25, 0.3) is 11.8 Å². The van der Waals surface area contributed by atoms with Crippen LogP contribution in [0.1, 0.15) is 155 Å². The second kappa shape index (κ2) is 41.1. The van der Waals surface area contributed by atoms with E-state index in [1.54, 1.807) is 0 Å². The molecule has 0 aromatic heterocycles. The minimum absolute atomic E-state index is 0.0402. The monoisotopic (exact) mass is 997 g/mol. The van der Waals surface area contributed by atoms with Crippen LogP contribution in [0.2, 0.25) is 0 Å². The van der Waals surface area contributed by atoms with Crippen LogP contribution in [-0.2, 0) is 38.2 Å². The van der Waals surface area contributed by atoms with Gasteiger partial charge >= 0.3 is 11.9 Å². The highest BCUT2D eigenvalue weighted by atomic mass is 16.5. The largest absolute Gasteiger partial charge is 0.466 e. The molecule has 0 aliphatic rings. The summed E-state index contributed by atoms with van der Waals surface area (Å²) in [7, 11) is 0. The Morgan fingerprint density at radius 3 is 1.32 bits per heavy atom. The summed E-state index contributed by atoms with van der Waals surface area (Å²) in [5.41, 5.74) is 0. The Morgan fingerprint density at radius 2 is 0.899 bits per heavy atom. The van der Waals surface area contributed by atoms with Crippen LogP contribution in [0.4, 0.5) is 0 Å².